The topological polar surface area (TPSA) is 62.3 Å². The van der Waals surface area contributed by atoms with Gasteiger partial charge in [-0.05, 0) is 30.3 Å². The maximum absolute atomic E-state index is 12.3. The van der Waals surface area contributed by atoms with Crippen LogP contribution >= 0.6 is 11.6 Å². The Balaban J connectivity index is 1.79. The van der Waals surface area contributed by atoms with Gasteiger partial charge in [-0.1, -0.05) is 35.9 Å². The summed E-state index contributed by atoms with van der Waals surface area (Å²) < 4.78 is 0. The van der Waals surface area contributed by atoms with Crippen molar-refractivity contribution in [3.8, 4) is 0 Å². The van der Waals surface area contributed by atoms with Crippen molar-refractivity contribution in [2.75, 3.05) is 19.4 Å². The molecule has 0 aliphatic rings. The molecule has 0 saturated heterocycles. The number of hydrogen-bond donors (Lipinski definition) is 1. The number of nitrogens with zero attached hydrogens (tertiary/aromatic N) is 2. The Bertz CT molecular complexity index is 1040. The molecule has 27 heavy (non-hydrogen) atoms. The van der Waals surface area contributed by atoms with Crippen LogP contribution in [0.1, 0.15) is 15.9 Å². The highest BCUT2D eigenvalue weighted by Crippen LogP contribution is 2.22. The van der Waals surface area contributed by atoms with Crippen LogP contribution in [-0.4, -0.2) is 35.8 Å². The van der Waals surface area contributed by atoms with Crippen molar-refractivity contribution >= 4 is 46.1 Å². The fourth-order valence-corrected chi connectivity index (χ4v) is 2.82. The maximum atomic E-state index is 12.3. The number of rotatable bonds is 4. The molecule has 3 aromatic rings. The Morgan fingerprint density at radius 2 is 1.89 bits per heavy atom. The van der Waals surface area contributed by atoms with E-state index in [1.807, 2.05) is 30.3 Å². The lowest BCUT2D eigenvalue weighted by Crippen LogP contribution is -2.22. The van der Waals surface area contributed by atoms with Gasteiger partial charge in [0.15, 0.2) is 0 Å². The molecular weight excluding hydrogens is 362 g/mol. The molecule has 2 aromatic carbocycles. The molecular formula is C21H18ClN3O2. The Labute approximate surface area is 162 Å². The molecule has 136 valence electrons. The zero-order valence-corrected chi connectivity index (χ0v) is 15.7. The fourth-order valence-electron chi connectivity index (χ4n) is 2.62. The lowest BCUT2D eigenvalue weighted by molar-refractivity contribution is -0.111. The normalized spacial score (nSPS) is 10.9. The average Bonchev–Trinajstić information content (AvgIpc) is 2.67. The van der Waals surface area contributed by atoms with E-state index in [0.717, 1.165) is 16.5 Å². The molecule has 0 radical (unpaired) electrons. The Kier molecular flexibility index (Phi) is 5.52. The summed E-state index contributed by atoms with van der Waals surface area (Å²) in [5.41, 5.74) is 2.51. The summed E-state index contributed by atoms with van der Waals surface area (Å²) in [6, 6.07) is 14.4. The minimum atomic E-state index is -0.312. The third-order valence-electron chi connectivity index (χ3n) is 3.95. The van der Waals surface area contributed by atoms with Gasteiger partial charge in [-0.15, -0.1) is 0 Å². The van der Waals surface area contributed by atoms with Gasteiger partial charge in [0.2, 0.25) is 5.91 Å². The number of anilines is 1. The van der Waals surface area contributed by atoms with Gasteiger partial charge in [0.25, 0.3) is 5.91 Å². The predicted molar refractivity (Wildman–Crippen MR) is 109 cm³/mol. The first-order valence-corrected chi connectivity index (χ1v) is 8.67. The number of halogens is 1. The molecule has 0 spiro atoms. The first-order chi connectivity index (χ1) is 13.0. The van der Waals surface area contributed by atoms with Gasteiger partial charge in [-0.3, -0.25) is 14.6 Å². The molecule has 0 fully saturated rings. The number of carbonyl (C=O) groups excluding carboxylic acids is 2. The summed E-state index contributed by atoms with van der Waals surface area (Å²) in [4.78, 5) is 30.2. The number of hydrogen-bond acceptors (Lipinski definition) is 3. The van der Waals surface area contributed by atoms with Gasteiger partial charge in [-0.25, -0.2) is 0 Å². The zero-order chi connectivity index (χ0) is 19.4. The van der Waals surface area contributed by atoms with Crippen molar-refractivity contribution < 1.29 is 9.59 Å². The highest BCUT2D eigenvalue weighted by Gasteiger charge is 2.13. The summed E-state index contributed by atoms with van der Waals surface area (Å²) in [6.07, 6.45) is 4.87. The van der Waals surface area contributed by atoms with Crippen molar-refractivity contribution in [2.24, 2.45) is 0 Å². The molecule has 0 aliphatic carbocycles. The second kappa shape index (κ2) is 8.01. The first-order valence-electron chi connectivity index (χ1n) is 8.30. The largest absolute Gasteiger partial charge is 0.345 e. The molecule has 1 aromatic heterocycles. The van der Waals surface area contributed by atoms with Crippen LogP contribution in [0.2, 0.25) is 5.02 Å². The van der Waals surface area contributed by atoms with E-state index in [1.165, 1.54) is 11.0 Å². The van der Waals surface area contributed by atoms with Crippen LogP contribution in [0.3, 0.4) is 0 Å². The Morgan fingerprint density at radius 1 is 1.11 bits per heavy atom. The fraction of sp³-hybridized carbons (Fsp3) is 0.0952. The van der Waals surface area contributed by atoms with E-state index in [4.69, 9.17) is 11.6 Å². The summed E-state index contributed by atoms with van der Waals surface area (Å²) in [6.45, 7) is 0. The van der Waals surface area contributed by atoms with Gasteiger partial charge < -0.3 is 10.2 Å². The van der Waals surface area contributed by atoms with E-state index in [-0.39, 0.29) is 11.8 Å². The Morgan fingerprint density at radius 3 is 2.67 bits per heavy atom. The Hall–Kier alpha value is -3.18. The van der Waals surface area contributed by atoms with Gasteiger partial charge in [0.05, 0.1) is 16.1 Å². The van der Waals surface area contributed by atoms with E-state index in [0.29, 0.717) is 16.3 Å². The standard InChI is InChI=1S/C21H18ClN3O2/c1-25(2)21(27)17-13-16(9-10-18(17)22)24-19(26)11-8-15-6-3-5-14-7-4-12-23-20(14)15/h3-13H,1-2H3,(H,24,26)/b11-8+. The van der Waals surface area contributed by atoms with Crippen LogP contribution in [0.15, 0.2) is 60.8 Å². The van der Waals surface area contributed by atoms with E-state index in [1.54, 1.807) is 44.6 Å². The van der Waals surface area contributed by atoms with Crippen LogP contribution in [-0.2, 0) is 4.79 Å². The second-order valence-corrected chi connectivity index (χ2v) is 6.55. The molecule has 0 bridgehead atoms. The molecule has 0 unspecified atom stereocenters. The summed E-state index contributed by atoms with van der Waals surface area (Å²) in [7, 11) is 3.29. The predicted octanol–water partition coefficient (Wildman–Crippen LogP) is 4.24. The van der Waals surface area contributed by atoms with Crippen LogP contribution in [0.25, 0.3) is 17.0 Å². The number of carbonyl (C=O) groups is 2. The van der Waals surface area contributed by atoms with E-state index >= 15 is 0 Å². The van der Waals surface area contributed by atoms with Crippen molar-refractivity contribution in [3.05, 3.63) is 77.0 Å². The van der Waals surface area contributed by atoms with Gasteiger partial charge in [0, 0.05) is 43.0 Å². The van der Waals surface area contributed by atoms with E-state index in [2.05, 4.69) is 10.3 Å². The molecule has 0 aliphatic heterocycles. The lowest BCUT2D eigenvalue weighted by Gasteiger charge is -2.13. The van der Waals surface area contributed by atoms with Gasteiger partial charge in [0.1, 0.15) is 0 Å². The number of para-hydroxylation sites is 1. The van der Waals surface area contributed by atoms with Crippen molar-refractivity contribution in [1.29, 1.82) is 0 Å². The monoisotopic (exact) mass is 379 g/mol. The summed E-state index contributed by atoms with van der Waals surface area (Å²) in [5, 5.41) is 4.09. The minimum absolute atomic E-state index is 0.228. The highest BCUT2D eigenvalue weighted by molar-refractivity contribution is 6.34. The van der Waals surface area contributed by atoms with Crippen LogP contribution in [0, 0.1) is 0 Å². The number of aromatic nitrogens is 1. The zero-order valence-electron chi connectivity index (χ0n) is 14.9. The van der Waals surface area contributed by atoms with E-state index < -0.39 is 0 Å². The maximum Gasteiger partial charge on any atom is 0.254 e. The number of fused-ring (bicyclic) bond motifs is 1. The smallest absolute Gasteiger partial charge is 0.254 e. The van der Waals surface area contributed by atoms with Crippen LogP contribution in [0.4, 0.5) is 5.69 Å². The minimum Gasteiger partial charge on any atom is -0.345 e. The summed E-state index contributed by atoms with van der Waals surface area (Å²) >= 11 is 6.09. The lowest BCUT2D eigenvalue weighted by atomic mass is 10.1. The number of amides is 2. The quantitative estimate of drug-likeness (QED) is 0.689. The number of pyridine rings is 1. The molecule has 3 rings (SSSR count). The van der Waals surface area contributed by atoms with Gasteiger partial charge >= 0.3 is 0 Å². The van der Waals surface area contributed by atoms with Crippen LogP contribution in [0.5, 0.6) is 0 Å². The molecule has 1 heterocycles. The molecule has 0 saturated carbocycles. The molecule has 5 nitrogen and oxygen atoms in total. The molecule has 2 amide bonds. The van der Waals surface area contributed by atoms with Gasteiger partial charge in [-0.2, -0.15) is 0 Å². The third-order valence-corrected chi connectivity index (χ3v) is 4.28. The third kappa shape index (κ3) is 4.33. The molecule has 0 atom stereocenters. The highest BCUT2D eigenvalue weighted by atomic mass is 35.5. The molecule has 1 N–H and O–H groups in total. The van der Waals surface area contributed by atoms with Crippen molar-refractivity contribution in [2.45, 2.75) is 0 Å². The first kappa shape index (κ1) is 18.6. The van der Waals surface area contributed by atoms with E-state index in [9.17, 15) is 9.59 Å². The summed E-state index contributed by atoms with van der Waals surface area (Å²) in [5.74, 6) is -0.540. The SMILES string of the molecule is CN(C)C(=O)c1cc(NC(=O)/C=C/c2cccc3cccnc23)ccc1Cl. The second-order valence-electron chi connectivity index (χ2n) is 6.14. The molecule has 6 heteroatoms. The van der Waals surface area contributed by atoms with Crippen LogP contribution < -0.4 is 5.32 Å². The average molecular weight is 380 g/mol. The van der Waals surface area contributed by atoms with Crippen molar-refractivity contribution in [3.63, 3.8) is 0 Å². The van der Waals surface area contributed by atoms with Crippen molar-refractivity contribution in [1.82, 2.24) is 9.88 Å². The number of benzene rings is 2. The number of nitrogens with one attached hydrogen (secondary N) is 1.